The average Bonchev–Trinajstić information content (AvgIpc) is 2.45. The number of amides is 1. The first-order valence-corrected chi connectivity index (χ1v) is 8.16. The quantitative estimate of drug-likeness (QED) is 0.588. The molecule has 1 aliphatic heterocycles. The van der Waals surface area contributed by atoms with Gasteiger partial charge in [0.15, 0.2) is 4.90 Å². The van der Waals surface area contributed by atoms with E-state index in [1.807, 2.05) is 6.92 Å². The zero-order valence-corrected chi connectivity index (χ0v) is 12.7. The average molecular weight is 328 g/mol. The Kier molecular flexibility index (Phi) is 4.33. The third-order valence-electron chi connectivity index (χ3n) is 3.49. The number of primary sulfonamides is 1. The minimum atomic E-state index is -4.20. The van der Waals surface area contributed by atoms with Gasteiger partial charge < -0.3 is 10.2 Å². The zero-order chi connectivity index (χ0) is 16.5. The molecule has 1 atom stereocenters. The Balaban J connectivity index is 2.51. The Morgan fingerprint density at radius 1 is 1.50 bits per heavy atom. The van der Waals surface area contributed by atoms with Crippen molar-refractivity contribution in [1.29, 1.82) is 0 Å². The largest absolute Gasteiger partial charge is 0.358 e. The molecule has 1 aromatic carbocycles. The molecule has 9 nitrogen and oxygen atoms in total. The molecule has 0 spiro atoms. The zero-order valence-electron chi connectivity index (χ0n) is 11.9. The number of nitro groups is 1. The van der Waals surface area contributed by atoms with Crippen LogP contribution in [-0.4, -0.2) is 38.4 Å². The van der Waals surface area contributed by atoms with Crippen molar-refractivity contribution >= 4 is 27.3 Å². The fourth-order valence-corrected chi connectivity index (χ4v) is 3.18. The van der Waals surface area contributed by atoms with Gasteiger partial charge in [0.2, 0.25) is 15.9 Å². The summed E-state index contributed by atoms with van der Waals surface area (Å²) in [5, 5.41) is 18.8. The van der Waals surface area contributed by atoms with E-state index in [1.54, 1.807) is 4.90 Å². The molecule has 0 radical (unpaired) electrons. The van der Waals surface area contributed by atoms with E-state index in [2.05, 4.69) is 5.32 Å². The number of carbonyl (C=O) groups is 1. The minimum Gasteiger partial charge on any atom is -0.358 e. The lowest BCUT2D eigenvalue weighted by molar-refractivity contribution is -0.387. The molecular weight excluding hydrogens is 312 g/mol. The Morgan fingerprint density at radius 2 is 2.18 bits per heavy atom. The number of hydrogen-bond acceptors (Lipinski definition) is 6. The van der Waals surface area contributed by atoms with Gasteiger partial charge in [-0.1, -0.05) is 6.92 Å². The van der Waals surface area contributed by atoms with E-state index >= 15 is 0 Å². The number of nitrogens with zero attached hydrogens (tertiary/aromatic N) is 2. The molecule has 1 unspecified atom stereocenters. The summed E-state index contributed by atoms with van der Waals surface area (Å²) < 4.78 is 22.8. The SMILES string of the molecule is CCC1C(=O)NCCN1c1ccc(S(N)(=O)=O)c([N+](=O)[O-])c1. The van der Waals surface area contributed by atoms with Gasteiger partial charge in [0.1, 0.15) is 6.04 Å². The summed E-state index contributed by atoms with van der Waals surface area (Å²) in [4.78, 5) is 23.3. The van der Waals surface area contributed by atoms with Crippen molar-refractivity contribution in [2.24, 2.45) is 5.14 Å². The molecule has 3 N–H and O–H groups in total. The Morgan fingerprint density at radius 3 is 2.73 bits per heavy atom. The summed E-state index contributed by atoms with van der Waals surface area (Å²) >= 11 is 0. The van der Waals surface area contributed by atoms with Gasteiger partial charge in [-0.25, -0.2) is 13.6 Å². The lowest BCUT2D eigenvalue weighted by Gasteiger charge is -2.36. The van der Waals surface area contributed by atoms with Crippen LogP contribution < -0.4 is 15.4 Å². The second kappa shape index (κ2) is 5.89. The first kappa shape index (κ1) is 16.2. The van der Waals surface area contributed by atoms with Crippen LogP contribution in [0.3, 0.4) is 0 Å². The van der Waals surface area contributed by atoms with Gasteiger partial charge in [-0.3, -0.25) is 14.9 Å². The minimum absolute atomic E-state index is 0.160. The normalized spacial score (nSPS) is 18.9. The Hall–Kier alpha value is -2.20. The van der Waals surface area contributed by atoms with Crippen molar-refractivity contribution in [2.45, 2.75) is 24.3 Å². The summed E-state index contributed by atoms with van der Waals surface area (Å²) in [5.41, 5.74) is -0.179. The van der Waals surface area contributed by atoms with E-state index in [1.165, 1.54) is 6.07 Å². The highest BCUT2D eigenvalue weighted by molar-refractivity contribution is 7.89. The lowest BCUT2D eigenvalue weighted by Crippen LogP contribution is -2.55. The summed E-state index contributed by atoms with van der Waals surface area (Å²) in [6, 6.07) is 3.21. The summed E-state index contributed by atoms with van der Waals surface area (Å²) in [7, 11) is -4.20. The van der Waals surface area contributed by atoms with Crippen LogP contribution >= 0.6 is 0 Å². The van der Waals surface area contributed by atoms with Crippen molar-refractivity contribution in [3.63, 3.8) is 0 Å². The van der Waals surface area contributed by atoms with Gasteiger partial charge in [-0.05, 0) is 18.6 Å². The number of anilines is 1. The van der Waals surface area contributed by atoms with Crippen molar-refractivity contribution < 1.29 is 18.1 Å². The Bertz CT molecular complexity index is 718. The van der Waals surface area contributed by atoms with Crippen LogP contribution in [0.5, 0.6) is 0 Å². The second-order valence-electron chi connectivity index (χ2n) is 4.86. The standard InChI is InChI=1S/C12H16N4O5S/c1-2-9-12(17)14-5-6-15(9)8-3-4-11(22(13,20)21)10(7-8)16(18)19/h3-4,7,9H,2,5-6H2,1H3,(H,14,17)(H2,13,20,21). The number of carbonyl (C=O) groups excluding carboxylic acids is 1. The molecule has 0 saturated carbocycles. The first-order chi connectivity index (χ1) is 10.3. The molecule has 1 heterocycles. The van der Waals surface area contributed by atoms with Crippen LogP contribution in [0.15, 0.2) is 23.1 Å². The fraction of sp³-hybridized carbons (Fsp3) is 0.417. The predicted octanol–water partition coefficient (Wildman–Crippen LogP) is -0.0430. The van der Waals surface area contributed by atoms with Gasteiger partial charge in [0.05, 0.1) is 4.92 Å². The van der Waals surface area contributed by atoms with Crippen LogP contribution in [0.1, 0.15) is 13.3 Å². The van der Waals surface area contributed by atoms with E-state index in [-0.39, 0.29) is 5.91 Å². The van der Waals surface area contributed by atoms with E-state index in [9.17, 15) is 23.3 Å². The first-order valence-electron chi connectivity index (χ1n) is 6.61. The highest BCUT2D eigenvalue weighted by Crippen LogP contribution is 2.30. The third-order valence-corrected chi connectivity index (χ3v) is 4.45. The van der Waals surface area contributed by atoms with Gasteiger partial charge in [-0.2, -0.15) is 0 Å². The van der Waals surface area contributed by atoms with Gasteiger partial charge in [-0.15, -0.1) is 0 Å². The van der Waals surface area contributed by atoms with Gasteiger partial charge in [0, 0.05) is 24.8 Å². The third kappa shape index (κ3) is 3.02. The number of nitro benzene ring substituents is 1. The monoisotopic (exact) mass is 328 g/mol. The fourth-order valence-electron chi connectivity index (χ4n) is 2.50. The van der Waals surface area contributed by atoms with Crippen molar-refractivity contribution in [3.05, 3.63) is 28.3 Å². The van der Waals surface area contributed by atoms with E-state index in [0.29, 0.717) is 25.2 Å². The molecule has 10 heteroatoms. The van der Waals surface area contributed by atoms with E-state index < -0.39 is 31.6 Å². The molecule has 0 bridgehead atoms. The van der Waals surface area contributed by atoms with Crippen molar-refractivity contribution in [1.82, 2.24) is 5.32 Å². The summed E-state index contributed by atoms with van der Waals surface area (Å²) in [5.74, 6) is -0.160. The Labute approximate surface area is 127 Å². The molecule has 1 fully saturated rings. The van der Waals surface area contributed by atoms with Crippen LogP contribution in [0.4, 0.5) is 11.4 Å². The highest BCUT2D eigenvalue weighted by atomic mass is 32.2. The highest BCUT2D eigenvalue weighted by Gasteiger charge is 2.31. The number of rotatable bonds is 4. The second-order valence-corrected chi connectivity index (χ2v) is 6.39. The molecule has 1 amide bonds. The van der Waals surface area contributed by atoms with Gasteiger partial charge in [0.25, 0.3) is 5.69 Å². The maximum atomic E-state index is 11.9. The molecular formula is C12H16N4O5S. The van der Waals surface area contributed by atoms with Gasteiger partial charge >= 0.3 is 0 Å². The molecule has 2 rings (SSSR count). The van der Waals surface area contributed by atoms with Crippen LogP contribution in [0.25, 0.3) is 0 Å². The molecule has 1 aromatic rings. The smallest absolute Gasteiger partial charge is 0.291 e. The van der Waals surface area contributed by atoms with E-state index in [0.717, 1.165) is 12.1 Å². The van der Waals surface area contributed by atoms with Crippen LogP contribution in [-0.2, 0) is 14.8 Å². The molecule has 1 saturated heterocycles. The number of sulfonamides is 1. The number of hydrogen-bond donors (Lipinski definition) is 2. The molecule has 120 valence electrons. The predicted molar refractivity (Wildman–Crippen MR) is 78.9 cm³/mol. The number of nitrogens with one attached hydrogen (secondary N) is 1. The maximum absolute atomic E-state index is 11.9. The van der Waals surface area contributed by atoms with Crippen molar-refractivity contribution in [3.8, 4) is 0 Å². The molecule has 22 heavy (non-hydrogen) atoms. The van der Waals surface area contributed by atoms with Crippen LogP contribution in [0, 0.1) is 10.1 Å². The van der Waals surface area contributed by atoms with E-state index in [4.69, 9.17) is 5.14 Å². The maximum Gasteiger partial charge on any atom is 0.291 e. The number of piperazine rings is 1. The topological polar surface area (TPSA) is 136 Å². The number of benzene rings is 1. The number of nitrogens with two attached hydrogens (primary N) is 1. The molecule has 0 aromatic heterocycles. The molecule has 0 aliphatic carbocycles. The lowest BCUT2D eigenvalue weighted by atomic mass is 10.1. The van der Waals surface area contributed by atoms with Crippen LogP contribution in [0.2, 0.25) is 0 Å². The summed E-state index contributed by atoms with van der Waals surface area (Å²) in [6.07, 6.45) is 0.524. The van der Waals surface area contributed by atoms with Crippen molar-refractivity contribution in [2.75, 3.05) is 18.0 Å². The summed E-state index contributed by atoms with van der Waals surface area (Å²) in [6.45, 7) is 2.73. The molecule has 1 aliphatic rings.